The van der Waals surface area contributed by atoms with Crippen molar-refractivity contribution in [3.8, 4) is 0 Å². The second-order valence-corrected chi connectivity index (χ2v) is 3.95. The molecule has 0 aromatic carbocycles. The summed E-state index contributed by atoms with van der Waals surface area (Å²) < 4.78 is 29.3. The molecule has 0 atom stereocenters. The number of nitrogens with zero attached hydrogens (tertiary/aromatic N) is 5. The summed E-state index contributed by atoms with van der Waals surface area (Å²) in [6, 6.07) is 0. The minimum atomic E-state index is -3.90. The summed E-state index contributed by atoms with van der Waals surface area (Å²) >= 11 is 0. The largest absolute Gasteiger partial charge is 0.466 e. The maximum Gasteiger partial charge on any atom is 0.329 e. The van der Waals surface area contributed by atoms with Gasteiger partial charge in [0.15, 0.2) is 0 Å². The Kier molecular flexibility index (Phi) is 6.37. The van der Waals surface area contributed by atoms with Crippen LogP contribution < -0.4 is 0 Å². The zero-order valence-electron chi connectivity index (χ0n) is 9.22. The van der Waals surface area contributed by atoms with Crippen LogP contribution in [-0.4, -0.2) is 30.0 Å². The average Bonchev–Trinajstić information content (AvgIpc) is 2.71. The topological polar surface area (TPSA) is 127 Å². The molecule has 0 spiro atoms. The van der Waals surface area contributed by atoms with E-state index in [9.17, 15) is 13.2 Å². The van der Waals surface area contributed by atoms with Crippen molar-refractivity contribution in [2.24, 2.45) is 4.52 Å². The van der Waals surface area contributed by atoms with Crippen molar-refractivity contribution < 1.29 is 17.9 Å². The second kappa shape index (κ2) is 7.25. The van der Waals surface area contributed by atoms with Gasteiger partial charge in [0, 0.05) is 24.2 Å². The van der Waals surface area contributed by atoms with Gasteiger partial charge in [-0.25, -0.2) is 8.96 Å². The van der Waals surface area contributed by atoms with E-state index >= 15 is 0 Å². The lowest BCUT2D eigenvalue weighted by Crippen LogP contribution is -2.05. The highest BCUT2D eigenvalue weighted by molar-refractivity contribution is 7.88. The second-order valence-electron chi connectivity index (χ2n) is 2.47. The molecule has 1 heterocycles. The predicted molar refractivity (Wildman–Crippen MR) is 58.0 cm³/mol. The number of esters is 1. The fourth-order valence-electron chi connectivity index (χ4n) is 0.675. The number of aromatic nitrogens is 2. The highest BCUT2D eigenvalue weighted by Crippen LogP contribution is 1.97. The number of azide groups is 1. The molecule has 0 fully saturated rings. The summed E-state index contributed by atoms with van der Waals surface area (Å²) in [5, 5.41) is 0. The molecule has 1 aromatic heterocycles. The number of hydrogen-bond acceptors (Lipinski definition) is 5. The molecule has 0 saturated heterocycles. The Balaban J connectivity index is 0.000000366. The van der Waals surface area contributed by atoms with Crippen molar-refractivity contribution in [1.82, 2.24) is 8.96 Å². The standard InChI is InChI=1S/C4H8O2.C3H3N5O2S/c1-3-6-4(2)5;4-6-7-11(9,10)8-2-1-5-3-8/h3H2,1-2H3;1-3H. The van der Waals surface area contributed by atoms with Crippen LogP contribution in [0.4, 0.5) is 0 Å². The van der Waals surface area contributed by atoms with E-state index in [1.165, 1.54) is 19.3 Å². The fourth-order valence-corrected chi connectivity index (χ4v) is 1.23. The van der Waals surface area contributed by atoms with Crippen LogP contribution in [0.2, 0.25) is 0 Å². The smallest absolute Gasteiger partial charge is 0.329 e. The molecule has 10 heteroatoms. The predicted octanol–water partition coefficient (Wildman–Crippen LogP) is 0.856. The number of rotatable bonds is 3. The number of carbonyl (C=O) groups excluding carboxylic acids is 1. The Hall–Kier alpha value is -2.06. The molecule has 1 aromatic rings. The molecule has 1 rings (SSSR count). The Morgan fingerprint density at radius 1 is 1.65 bits per heavy atom. The normalized spacial score (nSPS) is 9.53. The summed E-state index contributed by atoms with van der Waals surface area (Å²) in [6.07, 6.45) is 3.47. The quantitative estimate of drug-likeness (QED) is 0.345. The molecule has 17 heavy (non-hydrogen) atoms. The van der Waals surface area contributed by atoms with E-state index in [1.807, 2.05) is 0 Å². The first-order chi connectivity index (χ1) is 7.94. The maximum atomic E-state index is 10.8. The third-order valence-corrected chi connectivity index (χ3v) is 2.26. The van der Waals surface area contributed by atoms with E-state index in [0.29, 0.717) is 10.6 Å². The van der Waals surface area contributed by atoms with Crippen molar-refractivity contribution in [3.05, 3.63) is 29.2 Å². The first kappa shape index (κ1) is 14.9. The van der Waals surface area contributed by atoms with Gasteiger partial charge < -0.3 is 4.74 Å². The number of ether oxygens (including phenoxy) is 1. The summed E-state index contributed by atoms with van der Waals surface area (Å²) in [6.45, 7) is 3.65. The molecule has 0 aliphatic carbocycles. The van der Waals surface area contributed by atoms with E-state index in [1.54, 1.807) is 6.92 Å². The lowest BCUT2D eigenvalue weighted by molar-refractivity contribution is -0.140. The molecule has 0 radical (unpaired) electrons. The van der Waals surface area contributed by atoms with Gasteiger partial charge in [-0.3, -0.25) is 4.79 Å². The molecule has 94 valence electrons. The first-order valence-electron chi connectivity index (χ1n) is 4.37. The van der Waals surface area contributed by atoms with E-state index in [2.05, 4.69) is 19.2 Å². The summed E-state index contributed by atoms with van der Waals surface area (Å²) in [5.74, 6) is -0.211. The summed E-state index contributed by atoms with van der Waals surface area (Å²) in [5.41, 5.74) is 7.85. The van der Waals surface area contributed by atoms with Crippen LogP contribution in [0.1, 0.15) is 13.8 Å². The van der Waals surface area contributed by atoms with E-state index in [-0.39, 0.29) is 5.97 Å². The van der Waals surface area contributed by atoms with Crippen molar-refractivity contribution in [2.75, 3.05) is 6.61 Å². The van der Waals surface area contributed by atoms with Crippen LogP contribution in [0.15, 0.2) is 23.2 Å². The zero-order valence-corrected chi connectivity index (χ0v) is 10.0. The van der Waals surface area contributed by atoms with Crippen LogP contribution in [0.5, 0.6) is 0 Å². The van der Waals surface area contributed by atoms with Gasteiger partial charge in [0.1, 0.15) is 6.33 Å². The fraction of sp³-hybridized carbons (Fsp3) is 0.429. The Labute approximate surface area is 97.8 Å². The Bertz CT molecular complexity index is 488. The number of hydrogen-bond donors (Lipinski definition) is 0. The highest BCUT2D eigenvalue weighted by Gasteiger charge is 2.07. The molecule has 0 saturated carbocycles. The third kappa shape index (κ3) is 6.17. The van der Waals surface area contributed by atoms with Crippen LogP contribution in [0.25, 0.3) is 10.4 Å². The van der Waals surface area contributed by atoms with Crippen molar-refractivity contribution in [1.29, 1.82) is 0 Å². The monoisotopic (exact) mass is 261 g/mol. The van der Waals surface area contributed by atoms with Gasteiger partial charge in [-0.05, 0) is 12.5 Å². The zero-order chi connectivity index (χ0) is 13.3. The van der Waals surface area contributed by atoms with Gasteiger partial charge in [-0.15, -0.1) is 0 Å². The molecule has 0 aliphatic heterocycles. The Morgan fingerprint density at radius 3 is 2.59 bits per heavy atom. The molecule has 0 N–H and O–H groups in total. The van der Waals surface area contributed by atoms with Gasteiger partial charge in [0.2, 0.25) is 0 Å². The van der Waals surface area contributed by atoms with Gasteiger partial charge in [0.25, 0.3) is 0 Å². The highest BCUT2D eigenvalue weighted by atomic mass is 32.2. The lowest BCUT2D eigenvalue weighted by Gasteiger charge is -1.92. The minimum Gasteiger partial charge on any atom is -0.466 e. The molecule has 0 bridgehead atoms. The van der Waals surface area contributed by atoms with Gasteiger partial charge >= 0.3 is 16.2 Å². The third-order valence-electron chi connectivity index (χ3n) is 1.23. The molecule has 9 nitrogen and oxygen atoms in total. The van der Waals surface area contributed by atoms with Crippen LogP contribution in [0, 0.1) is 0 Å². The summed E-state index contributed by atoms with van der Waals surface area (Å²) in [4.78, 5) is 15.4. The van der Waals surface area contributed by atoms with Crippen molar-refractivity contribution >= 4 is 16.2 Å². The van der Waals surface area contributed by atoms with Crippen LogP contribution in [0.3, 0.4) is 0 Å². The molecule has 0 aliphatic rings. The summed E-state index contributed by atoms with van der Waals surface area (Å²) in [7, 11) is -3.90. The van der Waals surface area contributed by atoms with E-state index in [4.69, 9.17) is 5.53 Å². The Morgan fingerprint density at radius 2 is 2.29 bits per heavy atom. The first-order valence-corrected chi connectivity index (χ1v) is 5.77. The minimum absolute atomic E-state index is 0.211. The average molecular weight is 261 g/mol. The lowest BCUT2D eigenvalue weighted by atomic mass is 10.8. The van der Waals surface area contributed by atoms with Gasteiger partial charge in [0.05, 0.1) is 11.1 Å². The van der Waals surface area contributed by atoms with Crippen molar-refractivity contribution in [3.63, 3.8) is 0 Å². The van der Waals surface area contributed by atoms with Gasteiger partial charge in [-0.2, -0.15) is 8.42 Å². The van der Waals surface area contributed by atoms with E-state index < -0.39 is 10.2 Å². The van der Waals surface area contributed by atoms with Crippen LogP contribution >= 0.6 is 0 Å². The molecular weight excluding hydrogens is 250 g/mol. The maximum absolute atomic E-state index is 10.8. The SMILES string of the molecule is CCOC(C)=O.[N-]=[N+]=NS(=O)(=O)n1ccnc1. The van der Waals surface area contributed by atoms with Crippen molar-refractivity contribution in [2.45, 2.75) is 13.8 Å². The molecular formula is C7H11N5O4S. The van der Waals surface area contributed by atoms with E-state index in [0.717, 1.165) is 6.33 Å². The number of carbonyl (C=O) groups is 1. The van der Waals surface area contributed by atoms with Crippen LogP contribution in [-0.2, 0) is 19.7 Å². The molecule has 0 unspecified atom stereocenters. The number of imidazole rings is 1. The van der Waals surface area contributed by atoms with Gasteiger partial charge in [-0.1, -0.05) is 0 Å². The molecule has 0 amide bonds.